The highest BCUT2D eigenvalue weighted by molar-refractivity contribution is 5.30. The molecule has 0 fully saturated rings. The lowest BCUT2D eigenvalue weighted by molar-refractivity contribution is 0.281. The molecule has 1 rings (SSSR count). The van der Waals surface area contributed by atoms with Crippen molar-refractivity contribution < 1.29 is 5.11 Å². The van der Waals surface area contributed by atoms with Crippen molar-refractivity contribution in [3.05, 3.63) is 30.6 Å². The Kier molecular flexibility index (Phi) is 4.77. The largest absolute Gasteiger partial charge is 0.392 e. The van der Waals surface area contributed by atoms with Gasteiger partial charge in [-0.15, -0.1) is 6.58 Å². The molecule has 82 valence electrons. The third kappa shape index (κ3) is 3.32. The molecule has 1 heterocycles. The van der Waals surface area contributed by atoms with E-state index in [0.717, 1.165) is 25.1 Å². The van der Waals surface area contributed by atoms with E-state index in [1.54, 1.807) is 12.4 Å². The van der Waals surface area contributed by atoms with Gasteiger partial charge in [-0.25, -0.2) is 9.97 Å². The number of aliphatic hydroxyl groups excluding tert-OH is 1. The van der Waals surface area contributed by atoms with Gasteiger partial charge in [0.25, 0.3) is 0 Å². The van der Waals surface area contributed by atoms with Gasteiger partial charge in [0.05, 0.1) is 6.61 Å². The molecule has 0 saturated heterocycles. The number of rotatable bonds is 6. The fourth-order valence-electron chi connectivity index (χ4n) is 1.29. The van der Waals surface area contributed by atoms with Crippen LogP contribution in [0.25, 0.3) is 0 Å². The number of aliphatic hydroxyl groups is 1. The molecule has 1 aromatic heterocycles. The summed E-state index contributed by atoms with van der Waals surface area (Å²) in [6.07, 6.45) is 6.17. The van der Waals surface area contributed by atoms with Gasteiger partial charge in [0.1, 0.15) is 0 Å². The zero-order chi connectivity index (χ0) is 11.1. The molecule has 0 saturated carbocycles. The molecule has 0 atom stereocenters. The van der Waals surface area contributed by atoms with Crippen molar-refractivity contribution >= 4 is 5.95 Å². The van der Waals surface area contributed by atoms with Crippen LogP contribution < -0.4 is 4.90 Å². The lowest BCUT2D eigenvalue weighted by Gasteiger charge is -2.19. The van der Waals surface area contributed by atoms with E-state index in [0.29, 0.717) is 5.95 Å². The smallest absolute Gasteiger partial charge is 0.225 e. The van der Waals surface area contributed by atoms with Gasteiger partial charge in [-0.2, -0.15) is 0 Å². The van der Waals surface area contributed by atoms with Gasteiger partial charge in [0, 0.05) is 31.0 Å². The van der Waals surface area contributed by atoms with Crippen LogP contribution in [0.15, 0.2) is 25.0 Å². The SMILES string of the molecule is C=CCN(CCC)c1ncc(CO)cn1. The third-order valence-corrected chi connectivity index (χ3v) is 2.00. The van der Waals surface area contributed by atoms with Gasteiger partial charge in [0.2, 0.25) is 5.95 Å². The minimum atomic E-state index is -0.0183. The summed E-state index contributed by atoms with van der Waals surface area (Å²) in [7, 11) is 0. The monoisotopic (exact) mass is 207 g/mol. The quantitative estimate of drug-likeness (QED) is 0.716. The zero-order valence-corrected chi connectivity index (χ0v) is 9.06. The summed E-state index contributed by atoms with van der Waals surface area (Å²) in [5.74, 6) is 0.689. The lowest BCUT2D eigenvalue weighted by Crippen LogP contribution is -2.26. The van der Waals surface area contributed by atoms with Crippen molar-refractivity contribution in [2.24, 2.45) is 0 Å². The van der Waals surface area contributed by atoms with E-state index in [1.807, 2.05) is 11.0 Å². The maximum absolute atomic E-state index is 8.86. The highest BCUT2D eigenvalue weighted by atomic mass is 16.3. The van der Waals surface area contributed by atoms with E-state index in [2.05, 4.69) is 23.5 Å². The van der Waals surface area contributed by atoms with Crippen LogP contribution in [-0.2, 0) is 6.61 Å². The summed E-state index contributed by atoms with van der Waals surface area (Å²) in [5, 5.41) is 8.86. The normalized spacial score (nSPS) is 10.0. The molecule has 0 bridgehead atoms. The molecular weight excluding hydrogens is 190 g/mol. The minimum Gasteiger partial charge on any atom is -0.392 e. The molecule has 0 aliphatic rings. The van der Waals surface area contributed by atoms with E-state index in [9.17, 15) is 0 Å². The predicted molar refractivity (Wildman–Crippen MR) is 60.7 cm³/mol. The number of anilines is 1. The van der Waals surface area contributed by atoms with Crippen LogP contribution in [0.3, 0.4) is 0 Å². The average molecular weight is 207 g/mol. The van der Waals surface area contributed by atoms with Crippen molar-refractivity contribution in [2.45, 2.75) is 20.0 Å². The van der Waals surface area contributed by atoms with Crippen molar-refractivity contribution in [1.29, 1.82) is 0 Å². The molecule has 0 aliphatic carbocycles. The molecule has 4 heteroatoms. The Balaban J connectivity index is 2.76. The summed E-state index contributed by atoms with van der Waals surface area (Å²) < 4.78 is 0. The van der Waals surface area contributed by atoms with E-state index < -0.39 is 0 Å². The Morgan fingerprint density at radius 3 is 2.60 bits per heavy atom. The Morgan fingerprint density at radius 1 is 1.47 bits per heavy atom. The van der Waals surface area contributed by atoms with Crippen LogP contribution in [0.4, 0.5) is 5.95 Å². The third-order valence-electron chi connectivity index (χ3n) is 2.00. The Bertz CT molecular complexity index is 297. The highest BCUT2D eigenvalue weighted by Crippen LogP contribution is 2.07. The minimum absolute atomic E-state index is 0.0183. The number of nitrogens with zero attached hydrogens (tertiary/aromatic N) is 3. The van der Waals surface area contributed by atoms with Gasteiger partial charge in [-0.3, -0.25) is 0 Å². The molecule has 4 nitrogen and oxygen atoms in total. The first-order valence-corrected chi connectivity index (χ1v) is 5.09. The van der Waals surface area contributed by atoms with E-state index in [4.69, 9.17) is 5.11 Å². The fourth-order valence-corrected chi connectivity index (χ4v) is 1.29. The first kappa shape index (κ1) is 11.7. The molecule has 1 N–H and O–H groups in total. The maximum Gasteiger partial charge on any atom is 0.225 e. The topological polar surface area (TPSA) is 49.2 Å². The van der Waals surface area contributed by atoms with E-state index >= 15 is 0 Å². The number of hydrogen-bond acceptors (Lipinski definition) is 4. The predicted octanol–water partition coefficient (Wildman–Crippen LogP) is 1.37. The maximum atomic E-state index is 8.86. The van der Waals surface area contributed by atoms with Crippen LogP contribution in [0.1, 0.15) is 18.9 Å². The second kappa shape index (κ2) is 6.14. The molecule has 0 aliphatic heterocycles. The molecule has 0 radical (unpaired) electrons. The van der Waals surface area contributed by atoms with Crippen LogP contribution in [0, 0.1) is 0 Å². The fraction of sp³-hybridized carbons (Fsp3) is 0.455. The van der Waals surface area contributed by atoms with Gasteiger partial charge in [-0.1, -0.05) is 13.0 Å². The number of hydrogen-bond donors (Lipinski definition) is 1. The Morgan fingerprint density at radius 2 is 2.13 bits per heavy atom. The van der Waals surface area contributed by atoms with Crippen molar-refractivity contribution in [1.82, 2.24) is 9.97 Å². The molecule has 1 aromatic rings. The molecule has 0 unspecified atom stereocenters. The van der Waals surface area contributed by atoms with Crippen LogP contribution >= 0.6 is 0 Å². The molecule has 0 aromatic carbocycles. The molecular formula is C11H17N3O. The van der Waals surface area contributed by atoms with Crippen molar-refractivity contribution in [2.75, 3.05) is 18.0 Å². The van der Waals surface area contributed by atoms with Gasteiger partial charge in [0.15, 0.2) is 0 Å². The second-order valence-electron chi connectivity index (χ2n) is 3.28. The van der Waals surface area contributed by atoms with Crippen LogP contribution in [-0.4, -0.2) is 28.2 Å². The second-order valence-corrected chi connectivity index (χ2v) is 3.28. The Labute approximate surface area is 90.3 Å². The first-order chi connectivity index (χ1) is 7.31. The lowest BCUT2D eigenvalue weighted by atomic mass is 10.3. The van der Waals surface area contributed by atoms with E-state index in [1.165, 1.54) is 0 Å². The van der Waals surface area contributed by atoms with Gasteiger partial charge >= 0.3 is 0 Å². The van der Waals surface area contributed by atoms with Gasteiger partial charge in [-0.05, 0) is 6.42 Å². The standard InChI is InChI=1S/C11H17N3O/c1-3-5-14(6-4-2)11-12-7-10(9-15)8-13-11/h3,7-8,15H,1,4-6,9H2,2H3. The first-order valence-electron chi connectivity index (χ1n) is 5.09. The number of aromatic nitrogens is 2. The molecule has 15 heavy (non-hydrogen) atoms. The highest BCUT2D eigenvalue weighted by Gasteiger charge is 2.05. The summed E-state index contributed by atoms with van der Waals surface area (Å²) >= 11 is 0. The Hall–Kier alpha value is -1.42. The van der Waals surface area contributed by atoms with Crippen LogP contribution in [0.5, 0.6) is 0 Å². The summed E-state index contributed by atoms with van der Waals surface area (Å²) in [4.78, 5) is 10.4. The van der Waals surface area contributed by atoms with Crippen molar-refractivity contribution in [3.8, 4) is 0 Å². The van der Waals surface area contributed by atoms with Crippen molar-refractivity contribution in [3.63, 3.8) is 0 Å². The molecule has 0 spiro atoms. The van der Waals surface area contributed by atoms with Crippen LogP contribution in [0.2, 0.25) is 0 Å². The summed E-state index contributed by atoms with van der Waals surface area (Å²) in [5.41, 5.74) is 0.730. The molecule has 0 amide bonds. The zero-order valence-electron chi connectivity index (χ0n) is 9.06. The van der Waals surface area contributed by atoms with E-state index in [-0.39, 0.29) is 6.61 Å². The summed E-state index contributed by atoms with van der Waals surface area (Å²) in [6.45, 7) is 7.45. The van der Waals surface area contributed by atoms with Gasteiger partial charge < -0.3 is 10.0 Å². The average Bonchev–Trinajstić information content (AvgIpc) is 2.29. The summed E-state index contributed by atoms with van der Waals surface area (Å²) in [6, 6.07) is 0.